The van der Waals surface area contributed by atoms with Gasteiger partial charge in [-0.05, 0) is 62.1 Å². The Morgan fingerprint density at radius 1 is 0.933 bits per heavy atom. The summed E-state index contributed by atoms with van der Waals surface area (Å²) in [5.41, 5.74) is 2.67. The molecule has 1 aromatic rings. The first-order valence-electron chi connectivity index (χ1n) is 12.3. The van der Waals surface area contributed by atoms with Gasteiger partial charge in [-0.3, -0.25) is 4.99 Å². The van der Waals surface area contributed by atoms with Crippen LogP contribution in [0.4, 0.5) is 5.69 Å². The van der Waals surface area contributed by atoms with Crippen LogP contribution in [0.1, 0.15) is 63.9 Å². The Labute approximate surface area is 183 Å². The summed E-state index contributed by atoms with van der Waals surface area (Å²) in [7, 11) is 1.88. The van der Waals surface area contributed by atoms with Gasteiger partial charge in [-0.2, -0.15) is 0 Å². The van der Waals surface area contributed by atoms with E-state index in [2.05, 4.69) is 56.6 Å². The maximum Gasteiger partial charge on any atom is 0.191 e. The van der Waals surface area contributed by atoms with Crippen LogP contribution >= 0.6 is 0 Å². The highest BCUT2D eigenvalue weighted by Crippen LogP contribution is 2.26. The molecule has 0 radical (unpaired) electrons. The number of likely N-dealkylation sites (tertiary alicyclic amines) is 1. The Hall–Kier alpha value is -1.75. The van der Waals surface area contributed by atoms with Gasteiger partial charge < -0.3 is 20.4 Å². The quantitative estimate of drug-likeness (QED) is 0.568. The van der Waals surface area contributed by atoms with Crippen molar-refractivity contribution in [2.45, 2.75) is 76.9 Å². The summed E-state index contributed by atoms with van der Waals surface area (Å²) >= 11 is 0. The number of hydrogen-bond acceptors (Lipinski definition) is 3. The minimum Gasteiger partial charge on any atom is -0.372 e. The van der Waals surface area contributed by atoms with Gasteiger partial charge in [-0.1, -0.05) is 31.9 Å². The molecule has 0 atom stereocenters. The Kier molecular flexibility index (Phi) is 7.53. The van der Waals surface area contributed by atoms with Crippen molar-refractivity contribution in [1.29, 1.82) is 0 Å². The SMILES string of the molecule is CN=C(NCc1ccc(N2CCC(C)CC2)cc1)NC1CCN(C2CCCC2)CC1. The van der Waals surface area contributed by atoms with Crippen molar-refractivity contribution >= 4 is 11.6 Å². The molecule has 1 aliphatic carbocycles. The normalized spacial score (nSPS) is 23.1. The van der Waals surface area contributed by atoms with Gasteiger partial charge >= 0.3 is 0 Å². The first kappa shape index (κ1) is 21.5. The zero-order valence-electron chi connectivity index (χ0n) is 19.1. The lowest BCUT2D eigenvalue weighted by Crippen LogP contribution is -2.50. The van der Waals surface area contributed by atoms with E-state index in [0.29, 0.717) is 6.04 Å². The number of anilines is 1. The molecule has 2 aliphatic heterocycles. The van der Waals surface area contributed by atoms with Crippen molar-refractivity contribution in [3.63, 3.8) is 0 Å². The van der Waals surface area contributed by atoms with Crippen molar-refractivity contribution in [2.75, 3.05) is 38.1 Å². The van der Waals surface area contributed by atoms with Crippen molar-refractivity contribution in [2.24, 2.45) is 10.9 Å². The molecule has 0 unspecified atom stereocenters. The molecule has 2 N–H and O–H groups in total. The molecule has 166 valence electrons. The van der Waals surface area contributed by atoms with Crippen LogP contribution in [0.2, 0.25) is 0 Å². The fraction of sp³-hybridized carbons (Fsp3) is 0.720. The lowest BCUT2D eigenvalue weighted by atomic mass is 9.99. The average Bonchev–Trinajstić information content (AvgIpc) is 3.33. The van der Waals surface area contributed by atoms with Crippen LogP contribution in [0.25, 0.3) is 0 Å². The van der Waals surface area contributed by atoms with Crippen LogP contribution < -0.4 is 15.5 Å². The number of hydrogen-bond donors (Lipinski definition) is 2. The molecular weight excluding hydrogens is 370 g/mol. The fourth-order valence-corrected chi connectivity index (χ4v) is 5.34. The lowest BCUT2D eigenvalue weighted by Gasteiger charge is -2.36. The predicted molar refractivity (Wildman–Crippen MR) is 127 cm³/mol. The third kappa shape index (κ3) is 5.69. The molecule has 3 fully saturated rings. The Bertz CT molecular complexity index is 663. The largest absolute Gasteiger partial charge is 0.372 e. The first-order valence-corrected chi connectivity index (χ1v) is 12.3. The summed E-state index contributed by atoms with van der Waals surface area (Å²) in [6, 6.07) is 10.5. The Morgan fingerprint density at radius 2 is 1.60 bits per heavy atom. The Morgan fingerprint density at radius 3 is 2.23 bits per heavy atom. The Balaban J connectivity index is 1.20. The second kappa shape index (κ2) is 10.5. The summed E-state index contributed by atoms with van der Waals surface area (Å²) in [5, 5.41) is 7.17. The zero-order chi connectivity index (χ0) is 20.8. The van der Waals surface area contributed by atoms with Crippen LogP contribution in [0.15, 0.2) is 29.3 Å². The number of nitrogens with zero attached hydrogens (tertiary/aromatic N) is 3. The van der Waals surface area contributed by atoms with Gasteiger partial charge in [-0.25, -0.2) is 0 Å². The molecule has 30 heavy (non-hydrogen) atoms. The molecule has 5 nitrogen and oxygen atoms in total. The number of aliphatic imine (C=N–C) groups is 1. The van der Waals surface area contributed by atoms with Gasteiger partial charge in [0.05, 0.1) is 0 Å². The lowest BCUT2D eigenvalue weighted by molar-refractivity contribution is 0.150. The van der Waals surface area contributed by atoms with Crippen molar-refractivity contribution in [1.82, 2.24) is 15.5 Å². The van der Waals surface area contributed by atoms with Gasteiger partial charge in [0.2, 0.25) is 0 Å². The van der Waals surface area contributed by atoms with E-state index in [0.717, 1.165) is 24.5 Å². The van der Waals surface area contributed by atoms with Crippen LogP contribution in [0.5, 0.6) is 0 Å². The van der Waals surface area contributed by atoms with Crippen molar-refractivity contribution < 1.29 is 0 Å². The van der Waals surface area contributed by atoms with Gasteiger partial charge in [0.15, 0.2) is 5.96 Å². The van der Waals surface area contributed by atoms with Gasteiger partial charge in [0, 0.05) is 57.5 Å². The molecule has 5 heteroatoms. The summed E-state index contributed by atoms with van der Waals surface area (Å²) in [5.74, 6) is 1.81. The first-order chi connectivity index (χ1) is 14.7. The zero-order valence-corrected chi connectivity index (χ0v) is 19.1. The maximum absolute atomic E-state index is 4.46. The van der Waals surface area contributed by atoms with Crippen molar-refractivity contribution in [3.8, 4) is 0 Å². The summed E-state index contributed by atoms with van der Waals surface area (Å²) in [6.07, 6.45) is 10.7. The van der Waals surface area contributed by atoms with Gasteiger partial charge in [-0.15, -0.1) is 0 Å². The summed E-state index contributed by atoms with van der Waals surface area (Å²) in [6.45, 7) is 8.03. The summed E-state index contributed by atoms with van der Waals surface area (Å²) < 4.78 is 0. The molecule has 0 bridgehead atoms. The number of guanidine groups is 1. The van der Waals surface area contributed by atoms with Crippen LogP contribution in [-0.4, -0.2) is 56.2 Å². The van der Waals surface area contributed by atoms with Crippen LogP contribution in [0.3, 0.4) is 0 Å². The molecule has 4 rings (SSSR count). The number of piperidine rings is 2. The fourth-order valence-electron chi connectivity index (χ4n) is 5.34. The monoisotopic (exact) mass is 411 g/mol. The third-order valence-electron chi connectivity index (χ3n) is 7.48. The molecule has 2 saturated heterocycles. The number of rotatable bonds is 5. The number of benzene rings is 1. The number of nitrogens with one attached hydrogen (secondary N) is 2. The predicted octanol–water partition coefficient (Wildman–Crippen LogP) is 3.99. The minimum absolute atomic E-state index is 0.540. The van der Waals surface area contributed by atoms with E-state index in [1.807, 2.05) is 7.05 Å². The molecule has 3 aliphatic rings. The molecule has 1 saturated carbocycles. The van der Waals surface area contributed by atoms with E-state index in [9.17, 15) is 0 Å². The molecule has 2 heterocycles. The highest BCUT2D eigenvalue weighted by Gasteiger charge is 2.27. The van der Waals surface area contributed by atoms with Crippen LogP contribution in [0, 0.1) is 5.92 Å². The highest BCUT2D eigenvalue weighted by atomic mass is 15.2. The average molecular weight is 412 g/mol. The summed E-state index contributed by atoms with van der Waals surface area (Å²) in [4.78, 5) is 9.72. The van der Waals surface area contributed by atoms with E-state index in [1.54, 1.807) is 0 Å². The smallest absolute Gasteiger partial charge is 0.191 e. The van der Waals surface area contributed by atoms with Crippen LogP contribution in [-0.2, 0) is 6.54 Å². The second-order valence-corrected chi connectivity index (χ2v) is 9.65. The maximum atomic E-state index is 4.46. The minimum atomic E-state index is 0.540. The molecule has 0 amide bonds. The topological polar surface area (TPSA) is 42.9 Å². The van der Waals surface area contributed by atoms with E-state index in [1.165, 1.54) is 88.8 Å². The van der Waals surface area contributed by atoms with Gasteiger partial charge in [0.1, 0.15) is 0 Å². The van der Waals surface area contributed by atoms with E-state index in [4.69, 9.17) is 0 Å². The highest BCUT2D eigenvalue weighted by molar-refractivity contribution is 5.80. The van der Waals surface area contributed by atoms with E-state index >= 15 is 0 Å². The van der Waals surface area contributed by atoms with Crippen molar-refractivity contribution in [3.05, 3.63) is 29.8 Å². The van der Waals surface area contributed by atoms with E-state index < -0.39 is 0 Å². The standard InChI is InChI=1S/C25H41N5/c1-20-11-15-29(16-12-20)24-9-7-21(8-10-24)19-27-25(26-2)28-22-13-17-30(18-14-22)23-5-3-4-6-23/h7-10,20,22-23H,3-6,11-19H2,1-2H3,(H2,26,27,28). The van der Waals surface area contributed by atoms with Gasteiger partial charge in [0.25, 0.3) is 0 Å². The molecular formula is C25H41N5. The second-order valence-electron chi connectivity index (χ2n) is 9.65. The third-order valence-corrected chi connectivity index (χ3v) is 7.48. The molecule has 1 aromatic carbocycles. The van der Waals surface area contributed by atoms with E-state index in [-0.39, 0.29) is 0 Å². The molecule has 0 aromatic heterocycles. The molecule has 0 spiro atoms.